The zero-order chi connectivity index (χ0) is 17.8. The summed E-state index contributed by atoms with van der Waals surface area (Å²) < 4.78 is 15.0. The molecule has 2 atom stereocenters. The van der Waals surface area contributed by atoms with Crippen molar-refractivity contribution < 1.29 is 4.21 Å². The average Bonchev–Trinajstić information content (AvgIpc) is 3.08. The number of rotatable bonds is 6. The quantitative estimate of drug-likeness (QED) is 0.532. The molecule has 0 aliphatic heterocycles. The average molecular weight is 414 g/mol. The minimum Gasteiger partial charge on any atom is -0.336 e. The van der Waals surface area contributed by atoms with Crippen molar-refractivity contribution in [2.45, 2.75) is 17.5 Å². The fraction of sp³-hybridized carbons (Fsp3) is 0.167. The highest BCUT2D eigenvalue weighted by molar-refractivity contribution is 7.84. The third-order valence-electron chi connectivity index (χ3n) is 3.78. The van der Waals surface area contributed by atoms with Gasteiger partial charge in [-0.2, -0.15) is 0 Å². The van der Waals surface area contributed by atoms with E-state index in [0.717, 1.165) is 11.1 Å². The molecule has 0 radical (unpaired) electrons. The minimum atomic E-state index is -1.19. The van der Waals surface area contributed by atoms with E-state index >= 15 is 0 Å². The van der Waals surface area contributed by atoms with E-state index in [1.165, 1.54) is 0 Å². The van der Waals surface area contributed by atoms with E-state index < -0.39 is 10.8 Å². The number of hydrogen-bond donors (Lipinski definition) is 0. The van der Waals surface area contributed by atoms with E-state index in [2.05, 4.69) is 4.98 Å². The number of halogens is 3. The van der Waals surface area contributed by atoms with Crippen LogP contribution in [0.1, 0.15) is 16.4 Å². The van der Waals surface area contributed by atoms with Gasteiger partial charge >= 0.3 is 0 Å². The van der Waals surface area contributed by atoms with Gasteiger partial charge < -0.3 is 4.57 Å². The van der Waals surface area contributed by atoms with E-state index in [0.29, 0.717) is 27.4 Å². The lowest BCUT2D eigenvalue weighted by Crippen LogP contribution is -2.15. The molecule has 1 heterocycles. The number of benzene rings is 2. The molecule has 0 bridgehead atoms. The predicted octanol–water partition coefficient (Wildman–Crippen LogP) is 5.53. The van der Waals surface area contributed by atoms with Gasteiger partial charge in [-0.25, -0.2) is 4.98 Å². The fourth-order valence-electron chi connectivity index (χ4n) is 2.52. The number of aromatic nitrogens is 2. The largest absolute Gasteiger partial charge is 0.336 e. The van der Waals surface area contributed by atoms with Crippen LogP contribution in [-0.4, -0.2) is 13.8 Å². The molecule has 7 heteroatoms. The van der Waals surface area contributed by atoms with Crippen LogP contribution in [0.5, 0.6) is 0 Å². The second kappa shape index (κ2) is 8.37. The number of nitrogens with zero attached hydrogens (tertiary/aromatic N) is 2. The molecule has 0 saturated carbocycles. The molecule has 3 aromatic rings. The molecule has 2 unspecified atom stereocenters. The van der Waals surface area contributed by atoms with Gasteiger partial charge in [0.2, 0.25) is 0 Å². The Labute approximate surface area is 164 Å². The topological polar surface area (TPSA) is 34.9 Å². The van der Waals surface area contributed by atoms with Gasteiger partial charge in [0.1, 0.15) is 0 Å². The van der Waals surface area contributed by atoms with Gasteiger partial charge in [-0.15, -0.1) is 0 Å². The second-order valence-corrected chi connectivity index (χ2v) is 8.46. The summed E-state index contributed by atoms with van der Waals surface area (Å²) in [6.45, 7) is 0.515. The van der Waals surface area contributed by atoms with Crippen molar-refractivity contribution in [3.63, 3.8) is 0 Å². The van der Waals surface area contributed by atoms with Crippen LogP contribution in [-0.2, 0) is 23.1 Å². The van der Waals surface area contributed by atoms with Crippen LogP contribution in [0.15, 0.2) is 61.2 Å². The molecule has 0 fully saturated rings. The van der Waals surface area contributed by atoms with E-state index in [-0.39, 0.29) is 5.25 Å². The summed E-state index contributed by atoms with van der Waals surface area (Å²) in [7, 11) is -1.19. The molecule has 0 amide bonds. The predicted molar refractivity (Wildman–Crippen MR) is 105 cm³/mol. The maximum atomic E-state index is 13.1. The molecule has 25 heavy (non-hydrogen) atoms. The first-order valence-electron chi connectivity index (χ1n) is 7.55. The van der Waals surface area contributed by atoms with Crippen molar-refractivity contribution in [2.75, 3.05) is 0 Å². The van der Waals surface area contributed by atoms with Gasteiger partial charge in [0.05, 0.1) is 11.6 Å². The fourth-order valence-corrected chi connectivity index (χ4v) is 4.80. The lowest BCUT2D eigenvalue weighted by molar-refractivity contribution is 0.633. The Hall–Kier alpha value is -1.33. The van der Waals surface area contributed by atoms with Gasteiger partial charge in [-0.1, -0.05) is 53.0 Å². The van der Waals surface area contributed by atoms with Crippen LogP contribution in [0.3, 0.4) is 0 Å². The molecule has 2 aromatic carbocycles. The van der Waals surface area contributed by atoms with E-state index in [4.69, 9.17) is 34.8 Å². The Morgan fingerprint density at radius 1 is 1.04 bits per heavy atom. The summed E-state index contributed by atoms with van der Waals surface area (Å²) in [4.78, 5) is 4.05. The molecule has 130 valence electrons. The highest BCUT2D eigenvalue weighted by Crippen LogP contribution is 2.32. The van der Waals surface area contributed by atoms with Crippen molar-refractivity contribution in [3.05, 3.63) is 87.4 Å². The summed E-state index contributed by atoms with van der Waals surface area (Å²) in [5.41, 5.74) is 1.77. The Balaban J connectivity index is 1.89. The molecule has 1 aromatic heterocycles. The SMILES string of the molecule is O=S(Cc1ccc(Cl)cc1)C(Cn1ccnc1)c1ccc(Cl)cc1Cl. The van der Waals surface area contributed by atoms with Crippen molar-refractivity contribution in [1.29, 1.82) is 0 Å². The Bertz CT molecular complexity index is 867. The molecule has 3 nitrogen and oxygen atoms in total. The molecule has 0 saturated heterocycles. The zero-order valence-corrected chi connectivity index (χ0v) is 16.2. The van der Waals surface area contributed by atoms with Crippen LogP contribution in [0.4, 0.5) is 0 Å². The summed E-state index contributed by atoms with van der Waals surface area (Å²) in [6.07, 6.45) is 5.25. The van der Waals surface area contributed by atoms with Gasteiger partial charge in [0.15, 0.2) is 0 Å². The smallest absolute Gasteiger partial charge is 0.0946 e. The van der Waals surface area contributed by atoms with Gasteiger partial charge in [-0.3, -0.25) is 4.21 Å². The lowest BCUT2D eigenvalue weighted by atomic mass is 10.1. The first kappa shape index (κ1) is 18.5. The number of hydrogen-bond acceptors (Lipinski definition) is 2. The Morgan fingerprint density at radius 2 is 1.76 bits per heavy atom. The summed E-state index contributed by atoms with van der Waals surface area (Å²) in [5, 5.41) is 1.44. The molecule has 0 N–H and O–H groups in total. The zero-order valence-electron chi connectivity index (χ0n) is 13.1. The van der Waals surface area contributed by atoms with Gasteiger partial charge in [-0.05, 0) is 35.4 Å². The third-order valence-corrected chi connectivity index (χ3v) is 6.25. The van der Waals surface area contributed by atoms with Gasteiger partial charge in [0, 0.05) is 50.6 Å². The summed E-state index contributed by atoms with van der Waals surface area (Å²) in [6, 6.07) is 12.7. The summed E-state index contributed by atoms with van der Waals surface area (Å²) in [5.74, 6) is 0.412. The Kier molecular flexibility index (Phi) is 6.18. The van der Waals surface area contributed by atoms with E-state index in [1.54, 1.807) is 36.8 Å². The van der Waals surface area contributed by atoms with E-state index in [9.17, 15) is 4.21 Å². The molecule has 0 spiro atoms. The molecule has 3 rings (SSSR count). The second-order valence-electron chi connectivity index (χ2n) is 5.57. The maximum Gasteiger partial charge on any atom is 0.0946 e. The normalized spacial score (nSPS) is 13.6. The standard InChI is InChI=1S/C18H15Cl3N2OS/c19-14-3-1-13(2-4-14)11-25(24)18(10-23-8-7-22-12-23)16-6-5-15(20)9-17(16)21/h1-9,12,18H,10-11H2. The monoisotopic (exact) mass is 412 g/mol. The molecule has 0 aliphatic carbocycles. The van der Waals surface area contributed by atoms with Gasteiger partial charge in [0.25, 0.3) is 0 Å². The number of imidazole rings is 1. The molecule has 0 aliphatic rings. The van der Waals surface area contributed by atoms with Crippen LogP contribution in [0.25, 0.3) is 0 Å². The summed E-state index contributed by atoms with van der Waals surface area (Å²) >= 11 is 18.3. The van der Waals surface area contributed by atoms with Crippen LogP contribution in [0.2, 0.25) is 15.1 Å². The van der Waals surface area contributed by atoms with Crippen molar-refractivity contribution in [1.82, 2.24) is 9.55 Å². The highest BCUT2D eigenvalue weighted by Gasteiger charge is 2.22. The molecular formula is C18H15Cl3N2OS. The van der Waals surface area contributed by atoms with Crippen molar-refractivity contribution >= 4 is 45.6 Å². The van der Waals surface area contributed by atoms with Crippen molar-refractivity contribution in [3.8, 4) is 0 Å². The first-order valence-corrected chi connectivity index (χ1v) is 10.1. The lowest BCUT2D eigenvalue weighted by Gasteiger charge is -2.19. The maximum absolute atomic E-state index is 13.1. The van der Waals surface area contributed by atoms with Crippen LogP contribution in [0, 0.1) is 0 Å². The third kappa shape index (κ3) is 4.85. The van der Waals surface area contributed by atoms with E-state index in [1.807, 2.05) is 29.0 Å². The van der Waals surface area contributed by atoms with Crippen LogP contribution >= 0.6 is 34.8 Å². The minimum absolute atomic E-state index is 0.283. The Morgan fingerprint density at radius 3 is 2.40 bits per heavy atom. The van der Waals surface area contributed by atoms with Crippen LogP contribution < -0.4 is 0 Å². The first-order chi connectivity index (χ1) is 12.0. The molecular weight excluding hydrogens is 399 g/mol. The highest BCUT2D eigenvalue weighted by atomic mass is 35.5. The van der Waals surface area contributed by atoms with Crippen molar-refractivity contribution in [2.24, 2.45) is 0 Å².